The fourth-order valence-corrected chi connectivity index (χ4v) is 2.18. The summed E-state index contributed by atoms with van der Waals surface area (Å²) in [5.74, 6) is -1.00. The second-order valence-corrected chi connectivity index (χ2v) is 4.61. The lowest BCUT2D eigenvalue weighted by atomic mass is 10.1. The van der Waals surface area contributed by atoms with Gasteiger partial charge in [0.05, 0.1) is 25.3 Å². The number of benzene rings is 1. The summed E-state index contributed by atoms with van der Waals surface area (Å²) in [6.45, 7) is 0. The van der Waals surface area contributed by atoms with Gasteiger partial charge in [0, 0.05) is 10.8 Å². The van der Waals surface area contributed by atoms with Gasteiger partial charge in [-0.05, 0) is 24.3 Å². The topological polar surface area (TPSA) is 78.4 Å². The van der Waals surface area contributed by atoms with Crippen LogP contribution in [0.15, 0.2) is 36.4 Å². The summed E-state index contributed by atoms with van der Waals surface area (Å²) >= 11 is 0. The number of aromatic nitrogens is 2. The summed E-state index contributed by atoms with van der Waals surface area (Å²) in [5, 5.41) is 1.74. The van der Waals surface area contributed by atoms with Gasteiger partial charge < -0.3 is 9.47 Å². The summed E-state index contributed by atoms with van der Waals surface area (Å²) in [7, 11) is 2.61. The van der Waals surface area contributed by atoms with Gasteiger partial charge in [0.2, 0.25) is 0 Å². The van der Waals surface area contributed by atoms with Crippen LogP contribution in [0.25, 0.3) is 21.8 Å². The van der Waals surface area contributed by atoms with Crippen molar-refractivity contribution >= 4 is 33.7 Å². The smallest absolute Gasteiger partial charge is 0.356 e. The molecule has 3 rings (SSSR count). The number of nitrogens with zero attached hydrogens (tertiary/aromatic N) is 2. The van der Waals surface area contributed by atoms with Gasteiger partial charge in [-0.15, -0.1) is 0 Å². The number of esters is 2. The van der Waals surface area contributed by atoms with Crippen LogP contribution in [0.5, 0.6) is 0 Å². The second-order valence-electron chi connectivity index (χ2n) is 4.61. The van der Waals surface area contributed by atoms with Crippen molar-refractivity contribution in [2.45, 2.75) is 0 Å². The Balaban J connectivity index is 2.19. The third-order valence-electron chi connectivity index (χ3n) is 3.29. The number of ether oxygens (including phenoxy) is 2. The second kappa shape index (κ2) is 5.40. The Labute approximate surface area is 125 Å². The molecule has 0 amide bonds. The van der Waals surface area contributed by atoms with E-state index in [1.807, 2.05) is 6.07 Å². The zero-order valence-corrected chi connectivity index (χ0v) is 12.0. The van der Waals surface area contributed by atoms with E-state index in [2.05, 4.69) is 19.4 Å². The summed E-state index contributed by atoms with van der Waals surface area (Å²) in [6.07, 6.45) is 0. The highest BCUT2D eigenvalue weighted by molar-refractivity contribution is 5.98. The molecular weight excluding hydrogens is 284 g/mol. The Morgan fingerprint density at radius 1 is 0.773 bits per heavy atom. The van der Waals surface area contributed by atoms with Crippen LogP contribution < -0.4 is 0 Å². The summed E-state index contributed by atoms with van der Waals surface area (Å²) in [6, 6.07) is 10.4. The predicted octanol–water partition coefficient (Wildman–Crippen LogP) is 2.36. The Morgan fingerprint density at radius 2 is 1.23 bits per heavy atom. The third-order valence-corrected chi connectivity index (χ3v) is 3.29. The van der Waals surface area contributed by atoms with Gasteiger partial charge in [-0.2, -0.15) is 0 Å². The highest BCUT2D eigenvalue weighted by Crippen LogP contribution is 2.21. The number of methoxy groups -OCH3 is 2. The van der Waals surface area contributed by atoms with Gasteiger partial charge in [-0.25, -0.2) is 19.6 Å². The highest BCUT2D eigenvalue weighted by atomic mass is 16.5. The average Bonchev–Trinajstić information content (AvgIpc) is 2.57. The third kappa shape index (κ3) is 2.35. The van der Waals surface area contributed by atoms with E-state index < -0.39 is 11.9 Å². The number of rotatable bonds is 2. The molecule has 1 aromatic carbocycles. The van der Waals surface area contributed by atoms with Gasteiger partial charge in [0.25, 0.3) is 0 Å². The minimum absolute atomic E-state index is 0.221. The molecule has 0 atom stereocenters. The summed E-state index contributed by atoms with van der Waals surface area (Å²) < 4.78 is 9.32. The Morgan fingerprint density at radius 3 is 1.64 bits per heavy atom. The predicted molar refractivity (Wildman–Crippen MR) is 79.7 cm³/mol. The molecule has 0 N–H and O–H groups in total. The molecule has 2 heterocycles. The van der Waals surface area contributed by atoms with Gasteiger partial charge >= 0.3 is 11.9 Å². The van der Waals surface area contributed by atoms with Crippen LogP contribution in [0.3, 0.4) is 0 Å². The molecular formula is C16H12N2O4. The van der Waals surface area contributed by atoms with Crippen molar-refractivity contribution in [2.75, 3.05) is 14.2 Å². The minimum atomic E-state index is -0.502. The first-order chi connectivity index (χ1) is 10.6. The van der Waals surface area contributed by atoms with E-state index in [-0.39, 0.29) is 11.4 Å². The first kappa shape index (κ1) is 13.9. The Bertz CT molecular complexity index is 834. The molecule has 22 heavy (non-hydrogen) atoms. The van der Waals surface area contributed by atoms with Crippen LogP contribution in [0.1, 0.15) is 21.0 Å². The molecule has 0 bridgehead atoms. The van der Waals surface area contributed by atoms with Crippen LogP contribution in [0.2, 0.25) is 0 Å². The van der Waals surface area contributed by atoms with Crippen molar-refractivity contribution in [1.82, 2.24) is 9.97 Å². The number of fused-ring (bicyclic) bond motifs is 2. The lowest BCUT2D eigenvalue weighted by Crippen LogP contribution is -2.05. The van der Waals surface area contributed by atoms with Crippen LogP contribution >= 0.6 is 0 Å². The normalized spacial score (nSPS) is 10.6. The summed E-state index contributed by atoms with van der Waals surface area (Å²) in [4.78, 5) is 31.6. The van der Waals surface area contributed by atoms with Gasteiger partial charge in [-0.3, -0.25) is 0 Å². The van der Waals surface area contributed by atoms with Crippen molar-refractivity contribution < 1.29 is 19.1 Å². The molecule has 110 valence electrons. The van der Waals surface area contributed by atoms with Crippen LogP contribution in [-0.2, 0) is 9.47 Å². The van der Waals surface area contributed by atoms with Crippen LogP contribution in [0.4, 0.5) is 0 Å². The van der Waals surface area contributed by atoms with Crippen molar-refractivity contribution in [2.24, 2.45) is 0 Å². The van der Waals surface area contributed by atoms with E-state index in [0.29, 0.717) is 11.0 Å². The zero-order valence-electron chi connectivity index (χ0n) is 12.0. The van der Waals surface area contributed by atoms with E-state index in [1.165, 1.54) is 14.2 Å². The molecule has 0 fully saturated rings. The lowest BCUT2D eigenvalue weighted by Gasteiger charge is -2.05. The fourth-order valence-electron chi connectivity index (χ4n) is 2.18. The quantitative estimate of drug-likeness (QED) is 0.533. The first-order valence-electron chi connectivity index (χ1n) is 6.50. The molecule has 2 aromatic heterocycles. The molecule has 6 nitrogen and oxygen atoms in total. The maximum atomic E-state index is 11.5. The van der Waals surface area contributed by atoms with E-state index in [9.17, 15) is 9.59 Å². The minimum Gasteiger partial charge on any atom is -0.464 e. The molecule has 3 aromatic rings. The number of carbonyl (C=O) groups is 2. The van der Waals surface area contributed by atoms with Gasteiger partial charge in [-0.1, -0.05) is 12.1 Å². The molecule has 6 heteroatoms. The number of hydrogen-bond acceptors (Lipinski definition) is 6. The molecule has 0 aliphatic carbocycles. The Kier molecular flexibility index (Phi) is 3.42. The van der Waals surface area contributed by atoms with Crippen molar-refractivity contribution in [3.8, 4) is 0 Å². The van der Waals surface area contributed by atoms with Crippen LogP contribution in [-0.4, -0.2) is 36.1 Å². The van der Waals surface area contributed by atoms with E-state index >= 15 is 0 Å². The fraction of sp³-hybridized carbons (Fsp3) is 0.125. The van der Waals surface area contributed by atoms with Gasteiger partial charge in [0.15, 0.2) is 0 Å². The first-order valence-corrected chi connectivity index (χ1v) is 6.50. The van der Waals surface area contributed by atoms with Crippen molar-refractivity contribution in [3.63, 3.8) is 0 Å². The molecule has 0 aliphatic rings. The Hall–Kier alpha value is -3.02. The van der Waals surface area contributed by atoms with E-state index in [0.717, 1.165) is 10.8 Å². The standard InChI is InChI=1S/C16H12N2O4/c1-21-15(19)11-5-3-9-7-10-4-6-12(16(20)22-2)18-14(10)8-13(9)17-11/h3-8H,1-2H3. The van der Waals surface area contributed by atoms with Crippen LogP contribution in [0, 0.1) is 0 Å². The maximum Gasteiger partial charge on any atom is 0.356 e. The van der Waals surface area contributed by atoms with E-state index in [1.54, 1.807) is 30.3 Å². The SMILES string of the molecule is COC(=O)c1ccc2cc3ccc(C(=O)OC)nc3cc2n1. The number of pyridine rings is 2. The molecule has 0 saturated carbocycles. The van der Waals surface area contributed by atoms with Crippen molar-refractivity contribution in [3.05, 3.63) is 47.8 Å². The molecule has 0 saturated heterocycles. The van der Waals surface area contributed by atoms with Gasteiger partial charge in [0.1, 0.15) is 11.4 Å². The molecule has 0 radical (unpaired) electrons. The zero-order chi connectivity index (χ0) is 15.7. The van der Waals surface area contributed by atoms with Crippen molar-refractivity contribution in [1.29, 1.82) is 0 Å². The summed E-state index contributed by atoms with van der Waals surface area (Å²) in [5.41, 5.74) is 1.65. The molecule has 0 aliphatic heterocycles. The largest absolute Gasteiger partial charge is 0.464 e. The molecule has 0 spiro atoms. The number of hydrogen-bond donors (Lipinski definition) is 0. The molecule has 0 unspecified atom stereocenters. The average molecular weight is 296 g/mol. The highest BCUT2D eigenvalue weighted by Gasteiger charge is 2.11. The maximum absolute atomic E-state index is 11.5. The lowest BCUT2D eigenvalue weighted by molar-refractivity contribution is 0.0586. The van der Waals surface area contributed by atoms with E-state index in [4.69, 9.17) is 0 Å². The monoisotopic (exact) mass is 296 g/mol. The number of carbonyl (C=O) groups excluding carboxylic acids is 2.